The summed E-state index contributed by atoms with van der Waals surface area (Å²) in [4.78, 5) is 20.6. The predicted molar refractivity (Wildman–Crippen MR) is 77.4 cm³/mol. The molecule has 0 unspecified atom stereocenters. The van der Waals surface area contributed by atoms with Gasteiger partial charge in [-0.15, -0.1) is 0 Å². The van der Waals surface area contributed by atoms with Crippen LogP contribution in [-0.2, 0) is 4.79 Å². The number of carboxylic acid groups (broad SMARTS) is 1. The number of carbonyl (C=O) groups is 2. The molecule has 1 rings (SSSR count). The Bertz CT molecular complexity index is 394. The fourth-order valence-electron chi connectivity index (χ4n) is 1.34. The van der Waals surface area contributed by atoms with E-state index in [1.807, 2.05) is 6.08 Å². The van der Waals surface area contributed by atoms with E-state index in [0.29, 0.717) is 5.56 Å². The van der Waals surface area contributed by atoms with Gasteiger partial charge >= 0.3 is 5.97 Å². The molecule has 0 aliphatic carbocycles. The number of rotatable bonds is 6. The Kier molecular flexibility index (Phi) is 10.1. The fourth-order valence-corrected chi connectivity index (χ4v) is 1.34. The highest BCUT2D eigenvalue weighted by molar-refractivity contribution is 5.87. The number of aromatic carboxylic acids is 1. The number of allylic oxidation sites excluding steroid dienone is 2. The Hall–Kier alpha value is -1.90. The average molecular weight is 262 g/mol. The van der Waals surface area contributed by atoms with Crippen LogP contribution in [0.15, 0.2) is 42.5 Å². The molecular weight excluding hydrogens is 240 g/mol. The molecule has 0 heterocycles. The summed E-state index contributed by atoms with van der Waals surface area (Å²) in [7, 11) is 0. The summed E-state index contributed by atoms with van der Waals surface area (Å²) in [5, 5.41) is 8.38. The molecular formula is C16H22O3. The van der Waals surface area contributed by atoms with Gasteiger partial charge in [-0.1, -0.05) is 44.0 Å². The van der Waals surface area contributed by atoms with Gasteiger partial charge in [-0.25, -0.2) is 4.79 Å². The number of hydrogen-bond donors (Lipinski definition) is 1. The minimum absolute atomic E-state index is 0.150. The maximum atomic E-state index is 10.4. The highest BCUT2D eigenvalue weighted by Gasteiger charge is 1.96. The van der Waals surface area contributed by atoms with Crippen molar-refractivity contribution in [1.82, 2.24) is 0 Å². The minimum Gasteiger partial charge on any atom is -0.478 e. The number of carboxylic acids is 1. The summed E-state index contributed by atoms with van der Waals surface area (Å²) in [6.07, 6.45) is 8.37. The van der Waals surface area contributed by atoms with E-state index < -0.39 is 5.97 Å². The Morgan fingerprint density at radius 2 is 1.79 bits per heavy atom. The second kappa shape index (κ2) is 11.2. The largest absolute Gasteiger partial charge is 0.478 e. The van der Waals surface area contributed by atoms with Crippen molar-refractivity contribution in [3.05, 3.63) is 48.0 Å². The van der Waals surface area contributed by atoms with Gasteiger partial charge in [0.15, 0.2) is 5.78 Å². The van der Waals surface area contributed by atoms with E-state index >= 15 is 0 Å². The van der Waals surface area contributed by atoms with E-state index in [4.69, 9.17) is 5.11 Å². The van der Waals surface area contributed by atoms with Crippen LogP contribution in [0.2, 0.25) is 0 Å². The number of unbranched alkanes of at least 4 members (excludes halogenated alkanes) is 3. The van der Waals surface area contributed by atoms with E-state index in [2.05, 4.69) is 6.92 Å². The zero-order valence-electron chi connectivity index (χ0n) is 11.6. The van der Waals surface area contributed by atoms with Crippen LogP contribution in [0.25, 0.3) is 0 Å². The van der Waals surface area contributed by atoms with Crippen LogP contribution in [0.4, 0.5) is 0 Å². The first-order valence-corrected chi connectivity index (χ1v) is 6.53. The molecule has 19 heavy (non-hydrogen) atoms. The third-order valence-corrected chi connectivity index (χ3v) is 2.35. The molecule has 1 aromatic carbocycles. The highest BCUT2D eigenvalue weighted by atomic mass is 16.4. The zero-order chi connectivity index (χ0) is 14.5. The monoisotopic (exact) mass is 262 g/mol. The maximum Gasteiger partial charge on any atom is 0.335 e. The third kappa shape index (κ3) is 10.9. The van der Waals surface area contributed by atoms with Crippen LogP contribution in [0.1, 0.15) is 49.9 Å². The molecule has 104 valence electrons. The molecule has 0 atom stereocenters. The summed E-state index contributed by atoms with van der Waals surface area (Å²) in [6.45, 7) is 3.75. The Labute approximate surface area is 115 Å². The van der Waals surface area contributed by atoms with Gasteiger partial charge in [0, 0.05) is 0 Å². The van der Waals surface area contributed by atoms with Crippen molar-refractivity contribution in [2.45, 2.75) is 39.5 Å². The normalized spacial score (nSPS) is 9.79. The van der Waals surface area contributed by atoms with Crippen LogP contribution in [0, 0.1) is 0 Å². The van der Waals surface area contributed by atoms with Crippen LogP contribution < -0.4 is 0 Å². The summed E-state index contributed by atoms with van der Waals surface area (Å²) in [5.41, 5.74) is 0.331. The number of hydrogen-bond acceptors (Lipinski definition) is 2. The Balaban J connectivity index is 0.000000342. The molecule has 3 heteroatoms. The van der Waals surface area contributed by atoms with Gasteiger partial charge in [0.2, 0.25) is 0 Å². The van der Waals surface area contributed by atoms with Crippen molar-refractivity contribution in [2.24, 2.45) is 0 Å². The topological polar surface area (TPSA) is 54.4 Å². The lowest BCUT2D eigenvalue weighted by Gasteiger charge is -1.89. The lowest BCUT2D eigenvalue weighted by molar-refractivity contribution is -0.112. The van der Waals surface area contributed by atoms with Crippen LogP contribution >= 0.6 is 0 Å². The van der Waals surface area contributed by atoms with E-state index in [0.717, 1.165) is 6.42 Å². The molecule has 0 aliphatic rings. The summed E-state index contributed by atoms with van der Waals surface area (Å²) in [6, 6.07) is 8.30. The van der Waals surface area contributed by atoms with Crippen molar-refractivity contribution in [3.63, 3.8) is 0 Å². The molecule has 1 N–H and O–H groups in total. The molecule has 1 aromatic rings. The summed E-state index contributed by atoms with van der Waals surface area (Å²) >= 11 is 0. The van der Waals surface area contributed by atoms with Gasteiger partial charge in [-0.05, 0) is 38.0 Å². The van der Waals surface area contributed by atoms with Gasteiger partial charge in [0.1, 0.15) is 0 Å². The third-order valence-electron chi connectivity index (χ3n) is 2.35. The average Bonchev–Trinajstić information content (AvgIpc) is 2.40. The van der Waals surface area contributed by atoms with Gasteiger partial charge in [-0.3, -0.25) is 4.79 Å². The number of ketones is 1. The molecule has 0 bridgehead atoms. The van der Waals surface area contributed by atoms with Gasteiger partial charge in [-0.2, -0.15) is 0 Å². The lowest BCUT2D eigenvalue weighted by Crippen LogP contribution is -1.93. The second-order valence-electron chi connectivity index (χ2n) is 4.18. The molecule has 0 aromatic heterocycles. The molecule has 0 fully saturated rings. The quantitative estimate of drug-likeness (QED) is 0.620. The van der Waals surface area contributed by atoms with Crippen LogP contribution in [0.3, 0.4) is 0 Å². The summed E-state index contributed by atoms with van der Waals surface area (Å²) in [5.74, 6) is -0.730. The summed E-state index contributed by atoms with van der Waals surface area (Å²) < 4.78 is 0. The molecule has 0 saturated carbocycles. The first-order valence-electron chi connectivity index (χ1n) is 6.53. The van der Waals surface area contributed by atoms with Gasteiger partial charge in [0.25, 0.3) is 0 Å². The number of carbonyl (C=O) groups excluding carboxylic acids is 1. The van der Waals surface area contributed by atoms with E-state index in [1.165, 1.54) is 19.3 Å². The minimum atomic E-state index is -0.879. The van der Waals surface area contributed by atoms with E-state index in [9.17, 15) is 9.59 Å². The molecule has 0 aliphatic heterocycles. The molecule has 0 radical (unpaired) electrons. The maximum absolute atomic E-state index is 10.4. The van der Waals surface area contributed by atoms with Crippen molar-refractivity contribution < 1.29 is 14.7 Å². The Morgan fingerprint density at radius 3 is 2.21 bits per heavy atom. The number of benzene rings is 1. The van der Waals surface area contributed by atoms with Gasteiger partial charge < -0.3 is 5.11 Å². The fraction of sp³-hybridized carbons (Fsp3) is 0.375. The molecule has 3 nitrogen and oxygen atoms in total. The van der Waals surface area contributed by atoms with Gasteiger partial charge in [0.05, 0.1) is 5.56 Å². The van der Waals surface area contributed by atoms with Crippen LogP contribution in [0.5, 0.6) is 0 Å². The smallest absolute Gasteiger partial charge is 0.335 e. The Morgan fingerprint density at radius 1 is 1.16 bits per heavy atom. The van der Waals surface area contributed by atoms with Crippen molar-refractivity contribution in [3.8, 4) is 0 Å². The second-order valence-corrected chi connectivity index (χ2v) is 4.18. The molecule has 0 saturated heterocycles. The van der Waals surface area contributed by atoms with Crippen molar-refractivity contribution in [1.29, 1.82) is 0 Å². The van der Waals surface area contributed by atoms with E-state index in [-0.39, 0.29) is 5.78 Å². The SMILES string of the molecule is CCCCCC=CC(C)=O.O=C(O)c1ccccc1. The van der Waals surface area contributed by atoms with Crippen LogP contribution in [-0.4, -0.2) is 16.9 Å². The van der Waals surface area contributed by atoms with Crippen molar-refractivity contribution in [2.75, 3.05) is 0 Å². The predicted octanol–water partition coefficient (Wildman–Crippen LogP) is 4.10. The van der Waals surface area contributed by atoms with E-state index in [1.54, 1.807) is 43.3 Å². The molecule has 0 spiro atoms. The first kappa shape index (κ1) is 17.1. The van der Waals surface area contributed by atoms with Crippen molar-refractivity contribution >= 4 is 11.8 Å². The first-order chi connectivity index (χ1) is 9.07. The standard InChI is InChI=1S/C9H16O.C7H6O2/c1-3-4-5-6-7-8-9(2)10;8-7(9)6-4-2-1-3-5-6/h7-8H,3-6H2,1-2H3;1-5H,(H,8,9). The highest BCUT2D eigenvalue weighted by Crippen LogP contribution is 1.99. The lowest BCUT2D eigenvalue weighted by atomic mass is 10.2. The zero-order valence-corrected chi connectivity index (χ0v) is 11.6. The molecule has 0 amide bonds.